The Balaban J connectivity index is 1.88. The highest BCUT2D eigenvalue weighted by atomic mass is 79.9. The van der Waals surface area contributed by atoms with Gasteiger partial charge in [-0.1, -0.05) is 18.2 Å². The summed E-state index contributed by atoms with van der Waals surface area (Å²) in [5.41, 5.74) is 2.84. The zero-order valence-electron chi connectivity index (χ0n) is 11.5. The Kier molecular flexibility index (Phi) is 3.75. The molecule has 0 aliphatic heterocycles. The number of amides is 1. The van der Waals surface area contributed by atoms with Crippen LogP contribution in [0.25, 0.3) is 10.9 Å². The summed E-state index contributed by atoms with van der Waals surface area (Å²) in [7, 11) is 0. The Morgan fingerprint density at radius 3 is 2.71 bits per heavy atom. The lowest BCUT2D eigenvalue weighted by Gasteiger charge is -2.09. The number of rotatable bonds is 3. The summed E-state index contributed by atoms with van der Waals surface area (Å²) in [6.45, 7) is 2.28. The Morgan fingerprint density at radius 1 is 1.24 bits per heavy atom. The molecular formula is C16H14BrN3O. The highest BCUT2D eigenvalue weighted by Crippen LogP contribution is 2.30. The number of aromatic nitrogens is 2. The van der Waals surface area contributed by atoms with Crippen LogP contribution >= 0.6 is 15.9 Å². The molecule has 0 aliphatic rings. The number of nitrogens with one attached hydrogen (secondary N) is 1. The fourth-order valence-electron chi connectivity index (χ4n) is 2.37. The number of para-hydroxylation sites is 1. The molecule has 0 radical (unpaired) electrons. The third-order valence-corrected chi connectivity index (χ3v) is 4.42. The van der Waals surface area contributed by atoms with Gasteiger partial charge in [-0.3, -0.25) is 9.78 Å². The van der Waals surface area contributed by atoms with Crippen LogP contribution in [0.3, 0.4) is 0 Å². The predicted molar refractivity (Wildman–Crippen MR) is 87.2 cm³/mol. The largest absolute Gasteiger partial charge is 0.334 e. The Bertz CT molecular complexity index is 796. The van der Waals surface area contributed by atoms with E-state index in [0.717, 1.165) is 26.8 Å². The van der Waals surface area contributed by atoms with Gasteiger partial charge in [0.15, 0.2) is 0 Å². The molecular weight excluding hydrogens is 330 g/mol. The van der Waals surface area contributed by atoms with Crippen LogP contribution in [-0.4, -0.2) is 15.5 Å². The maximum absolute atomic E-state index is 12.2. The van der Waals surface area contributed by atoms with E-state index in [1.165, 1.54) is 0 Å². The topological polar surface area (TPSA) is 46.9 Å². The van der Waals surface area contributed by atoms with Crippen LogP contribution in [0.1, 0.15) is 5.69 Å². The lowest BCUT2D eigenvalue weighted by Crippen LogP contribution is -2.19. The van der Waals surface area contributed by atoms with Gasteiger partial charge >= 0.3 is 0 Å². The van der Waals surface area contributed by atoms with Gasteiger partial charge in [0.05, 0.1) is 0 Å². The van der Waals surface area contributed by atoms with Crippen LogP contribution in [0.2, 0.25) is 0 Å². The van der Waals surface area contributed by atoms with Gasteiger partial charge < -0.3 is 9.88 Å². The SMILES string of the molecule is Cc1c(Br)c2ccccc2n1CC(=O)Nc1ccncc1. The molecule has 0 aliphatic carbocycles. The van der Waals surface area contributed by atoms with Gasteiger partial charge in [0.1, 0.15) is 6.54 Å². The van der Waals surface area contributed by atoms with Crippen LogP contribution in [0, 0.1) is 6.92 Å². The third-order valence-electron chi connectivity index (χ3n) is 3.42. The van der Waals surface area contributed by atoms with E-state index in [9.17, 15) is 4.79 Å². The smallest absolute Gasteiger partial charge is 0.244 e. The van der Waals surface area contributed by atoms with E-state index in [2.05, 4.69) is 26.2 Å². The second kappa shape index (κ2) is 5.69. The van der Waals surface area contributed by atoms with Crippen LogP contribution in [0.4, 0.5) is 5.69 Å². The first kappa shape index (κ1) is 13.8. The molecule has 106 valence electrons. The monoisotopic (exact) mass is 343 g/mol. The molecule has 0 saturated heterocycles. The van der Waals surface area contributed by atoms with Crippen LogP contribution in [0.15, 0.2) is 53.3 Å². The van der Waals surface area contributed by atoms with Crippen molar-refractivity contribution in [1.82, 2.24) is 9.55 Å². The van der Waals surface area contributed by atoms with Crippen molar-refractivity contribution in [2.24, 2.45) is 0 Å². The van der Waals surface area contributed by atoms with Gasteiger partial charge in [0, 0.05) is 39.2 Å². The summed E-state index contributed by atoms with van der Waals surface area (Å²) in [5.74, 6) is -0.0578. The lowest BCUT2D eigenvalue weighted by atomic mass is 10.2. The number of fused-ring (bicyclic) bond motifs is 1. The molecule has 1 aromatic carbocycles. The van der Waals surface area contributed by atoms with E-state index in [1.54, 1.807) is 24.5 Å². The molecule has 1 N–H and O–H groups in total. The second-order valence-corrected chi connectivity index (χ2v) is 5.58. The molecule has 4 nitrogen and oxygen atoms in total. The number of hydrogen-bond donors (Lipinski definition) is 1. The molecule has 2 aromatic heterocycles. The van der Waals surface area contributed by atoms with E-state index in [-0.39, 0.29) is 12.5 Å². The molecule has 0 unspecified atom stereocenters. The number of anilines is 1. The number of hydrogen-bond acceptors (Lipinski definition) is 2. The fourth-order valence-corrected chi connectivity index (χ4v) is 2.92. The number of pyridine rings is 1. The lowest BCUT2D eigenvalue weighted by molar-refractivity contribution is -0.116. The minimum absolute atomic E-state index is 0.0578. The zero-order chi connectivity index (χ0) is 14.8. The standard InChI is InChI=1S/C16H14BrN3O/c1-11-16(17)13-4-2-3-5-14(13)20(11)10-15(21)19-12-6-8-18-9-7-12/h2-9H,10H2,1H3,(H,18,19,21). The van der Waals surface area contributed by atoms with Crippen molar-refractivity contribution in [3.8, 4) is 0 Å². The first-order valence-corrected chi connectivity index (χ1v) is 7.39. The van der Waals surface area contributed by atoms with Gasteiger partial charge in [-0.25, -0.2) is 0 Å². The zero-order valence-corrected chi connectivity index (χ0v) is 13.1. The molecule has 3 rings (SSSR count). The Labute approximate surface area is 130 Å². The molecule has 5 heteroatoms. The average molecular weight is 344 g/mol. The second-order valence-electron chi connectivity index (χ2n) is 4.79. The number of benzene rings is 1. The fraction of sp³-hybridized carbons (Fsp3) is 0.125. The van der Waals surface area contributed by atoms with E-state index >= 15 is 0 Å². The van der Waals surface area contributed by atoms with Gasteiger partial charge in [-0.2, -0.15) is 0 Å². The molecule has 1 amide bonds. The molecule has 0 bridgehead atoms. The molecule has 0 atom stereocenters. The quantitative estimate of drug-likeness (QED) is 0.787. The van der Waals surface area contributed by atoms with Gasteiger partial charge in [-0.15, -0.1) is 0 Å². The molecule has 0 spiro atoms. The van der Waals surface area contributed by atoms with E-state index in [1.807, 2.05) is 35.8 Å². The summed E-state index contributed by atoms with van der Waals surface area (Å²) in [5, 5.41) is 3.99. The first-order valence-electron chi connectivity index (χ1n) is 6.60. The molecule has 0 saturated carbocycles. The maximum atomic E-state index is 12.2. The molecule has 21 heavy (non-hydrogen) atoms. The highest BCUT2D eigenvalue weighted by Gasteiger charge is 2.14. The van der Waals surface area contributed by atoms with Crippen molar-refractivity contribution in [1.29, 1.82) is 0 Å². The molecule has 0 fully saturated rings. The van der Waals surface area contributed by atoms with Crippen molar-refractivity contribution in [2.45, 2.75) is 13.5 Å². The summed E-state index contributed by atoms with van der Waals surface area (Å²) < 4.78 is 3.05. The predicted octanol–water partition coefficient (Wildman–Crippen LogP) is 3.75. The van der Waals surface area contributed by atoms with Crippen LogP contribution < -0.4 is 5.32 Å². The van der Waals surface area contributed by atoms with E-state index in [4.69, 9.17) is 0 Å². The average Bonchev–Trinajstić information content (AvgIpc) is 2.74. The molecule has 2 heterocycles. The number of nitrogens with zero attached hydrogens (tertiary/aromatic N) is 2. The minimum atomic E-state index is -0.0578. The minimum Gasteiger partial charge on any atom is -0.334 e. The Morgan fingerprint density at radius 2 is 1.95 bits per heavy atom. The maximum Gasteiger partial charge on any atom is 0.244 e. The number of carbonyl (C=O) groups excluding carboxylic acids is 1. The Hall–Kier alpha value is -2.14. The van der Waals surface area contributed by atoms with E-state index in [0.29, 0.717) is 0 Å². The van der Waals surface area contributed by atoms with Crippen molar-refractivity contribution in [2.75, 3.05) is 5.32 Å². The van der Waals surface area contributed by atoms with Crippen LogP contribution in [-0.2, 0) is 11.3 Å². The number of carbonyl (C=O) groups is 1. The third kappa shape index (κ3) is 2.69. The van der Waals surface area contributed by atoms with Gasteiger partial charge in [0.2, 0.25) is 5.91 Å². The van der Waals surface area contributed by atoms with Crippen molar-refractivity contribution >= 4 is 38.4 Å². The van der Waals surface area contributed by atoms with E-state index < -0.39 is 0 Å². The van der Waals surface area contributed by atoms with Gasteiger partial charge in [-0.05, 0) is 41.1 Å². The highest BCUT2D eigenvalue weighted by molar-refractivity contribution is 9.10. The summed E-state index contributed by atoms with van der Waals surface area (Å²) in [6, 6.07) is 11.6. The van der Waals surface area contributed by atoms with Crippen molar-refractivity contribution in [3.05, 3.63) is 59.0 Å². The number of halogens is 1. The normalized spacial score (nSPS) is 10.8. The van der Waals surface area contributed by atoms with Crippen molar-refractivity contribution in [3.63, 3.8) is 0 Å². The first-order chi connectivity index (χ1) is 10.2. The van der Waals surface area contributed by atoms with Gasteiger partial charge in [0.25, 0.3) is 0 Å². The summed E-state index contributed by atoms with van der Waals surface area (Å²) in [4.78, 5) is 16.2. The summed E-state index contributed by atoms with van der Waals surface area (Å²) >= 11 is 3.60. The van der Waals surface area contributed by atoms with Crippen LogP contribution in [0.5, 0.6) is 0 Å². The summed E-state index contributed by atoms with van der Waals surface area (Å²) in [6.07, 6.45) is 3.31. The van der Waals surface area contributed by atoms with Crippen molar-refractivity contribution < 1.29 is 4.79 Å². The molecule has 3 aromatic rings.